The Morgan fingerprint density at radius 2 is 2.32 bits per heavy atom. The Morgan fingerprint density at radius 1 is 1.55 bits per heavy atom. The maximum atomic E-state index is 12.5. The van der Waals surface area contributed by atoms with Crippen molar-refractivity contribution in [2.45, 2.75) is 13.3 Å². The van der Waals surface area contributed by atoms with Gasteiger partial charge in [0.15, 0.2) is 0 Å². The van der Waals surface area contributed by atoms with E-state index in [9.17, 15) is 4.79 Å². The number of thiazole rings is 1. The Hall–Kier alpha value is -0.470. The zero-order valence-corrected chi connectivity index (χ0v) is 16.1. The van der Waals surface area contributed by atoms with Gasteiger partial charge in [0.1, 0.15) is 10.7 Å². The summed E-state index contributed by atoms with van der Waals surface area (Å²) in [5, 5.41) is 2.75. The van der Waals surface area contributed by atoms with Crippen molar-refractivity contribution in [3.8, 4) is 9.88 Å². The number of amides is 1. The Labute approximate surface area is 152 Å². The average Bonchev–Trinajstić information content (AvgIpc) is 3.17. The summed E-state index contributed by atoms with van der Waals surface area (Å²) in [5.74, 6) is 0.0188. The second-order valence-electron chi connectivity index (χ2n) is 5.63. The van der Waals surface area contributed by atoms with E-state index in [1.165, 1.54) is 11.3 Å². The summed E-state index contributed by atoms with van der Waals surface area (Å²) in [7, 11) is 0. The van der Waals surface area contributed by atoms with Gasteiger partial charge < -0.3 is 10.6 Å². The predicted octanol–water partition coefficient (Wildman–Crippen LogP) is 3.87. The molecule has 1 fully saturated rings. The first-order valence-electron chi connectivity index (χ1n) is 6.71. The number of hydrogen-bond acceptors (Lipinski definition) is 5. The SMILES string of the molecule is CC1(CN)CCN(C(=O)c2csc(-c3ccc(Br)s3)n2)C1.Cl. The van der Waals surface area contributed by atoms with E-state index in [1.54, 1.807) is 11.3 Å². The normalized spacial score (nSPS) is 21.0. The van der Waals surface area contributed by atoms with Gasteiger partial charge in [-0.1, -0.05) is 6.92 Å². The molecule has 3 rings (SSSR count). The van der Waals surface area contributed by atoms with Crippen LogP contribution in [0.25, 0.3) is 9.88 Å². The van der Waals surface area contributed by atoms with Gasteiger partial charge in [-0.15, -0.1) is 35.1 Å². The monoisotopic (exact) mass is 421 g/mol. The van der Waals surface area contributed by atoms with Crippen LogP contribution in [0.1, 0.15) is 23.8 Å². The number of thiophene rings is 1. The number of aromatic nitrogens is 1. The fourth-order valence-electron chi connectivity index (χ4n) is 2.44. The molecular weight excluding hydrogens is 406 g/mol. The molecule has 2 aromatic heterocycles. The summed E-state index contributed by atoms with van der Waals surface area (Å²) < 4.78 is 1.07. The van der Waals surface area contributed by atoms with Gasteiger partial charge in [0.25, 0.3) is 5.91 Å². The van der Waals surface area contributed by atoms with E-state index in [2.05, 4.69) is 27.8 Å². The fourth-order valence-corrected chi connectivity index (χ4v) is 4.69. The average molecular weight is 423 g/mol. The Kier molecular flexibility index (Phi) is 5.66. The third kappa shape index (κ3) is 3.54. The molecule has 1 saturated heterocycles. The largest absolute Gasteiger partial charge is 0.337 e. The van der Waals surface area contributed by atoms with Crippen LogP contribution in [0, 0.1) is 5.41 Å². The molecule has 0 saturated carbocycles. The Balaban J connectivity index is 0.00000176. The van der Waals surface area contributed by atoms with Crippen LogP contribution in [0.5, 0.6) is 0 Å². The summed E-state index contributed by atoms with van der Waals surface area (Å²) in [6, 6.07) is 4.01. The highest BCUT2D eigenvalue weighted by Crippen LogP contribution is 2.34. The van der Waals surface area contributed by atoms with Gasteiger partial charge >= 0.3 is 0 Å². The minimum Gasteiger partial charge on any atom is -0.337 e. The highest BCUT2D eigenvalue weighted by Gasteiger charge is 2.35. The van der Waals surface area contributed by atoms with Crippen LogP contribution in [-0.2, 0) is 0 Å². The van der Waals surface area contributed by atoms with Gasteiger partial charge in [0, 0.05) is 18.5 Å². The van der Waals surface area contributed by atoms with Crippen LogP contribution in [0.15, 0.2) is 21.3 Å². The van der Waals surface area contributed by atoms with E-state index in [0.29, 0.717) is 12.2 Å². The molecule has 22 heavy (non-hydrogen) atoms. The molecule has 0 spiro atoms. The van der Waals surface area contributed by atoms with E-state index in [-0.39, 0.29) is 23.7 Å². The summed E-state index contributed by atoms with van der Waals surface area (Å²) in [6.45, 7) is 4.24. The summed E-state index contributed by atoms with van der Waals surface area (Å²) in [6.07, 6.45) is 0.962. The smallest absolute Gasteiger partial charge is 0.273 e. The van der Waals surface area contributed by atoms with Gasteiger partial charge in [-0.3, -0.25) is 4.79 Å². The van der Waals surface area contributed by atoms with Gasteiger partial charge in [0.2, 0.25) is 0 Å². The molecular formula is C14H17BrClN3OS2. The zero-order valence-electron chi connectivity index (χ0n) is 12.0. The van der Waals surface area contributed by atoms with E-state index < -0.39 is 0 Å². The molecule has 120 valence electrons. The number of nitrogens with zero attached hydrogens (tertiary/aromatic N) is 2. The van der Waals surface area contributed by atoms with Crippen molar-refractivity contribution in [2.24, 2.45) is 11.1 Å². The molecule has 4 nitrogen and oxygen atoms in total. The molecule has 2 aromatic rings. The first-order chi connectivity index (χ1) is 10.0. The molecule has 0 aliphatic carbocycles. The Bertz CT molecular complexity index is 675. The van der Waals surface area contributed by atoms with Crippen molar-refractivity contribution in [1.82, 2.24) is 9.88 Å². The predicted molar refractivity (Wildman–Crippen MR) is 98.1 cm³/mol. The standard InChI is InChI=1S/C14H16BrN3OS2.ClH/c1-14(7-16)4-5-18(8-14)13(19)9-6-20-12(17-9)10-2-3-11(15)21-10;/h2-3,6H,4-5,7-8,16H2,1H3;1H. The van der Waals surface area contributed by atoms with Gasteiger partial charge in [-0.25, -0.2) is 4.98 Å². The van der Waals surface area contributed by atoms with Crippen molar-refractivity contribution in [3.63, 3.8) is 0 Å². The van der Waals surface area contributed by atoms with Crippen LogP contribution in [-0.4, -0.2) is 35.4 Å². The lowest BCUT2D eigenvalue weighted by Crippen LogP contribution is -2.34. The summed E-state index contributed by atoms with van der Waals surface area (Å²) >= 11 is 6.59. The molecule has 0 aromatic carbocycles. The van der Waals surface area contributed by atoms with Crippen molar-refractivity contribution >= 4 is 56.9 Å². The number of hydrogen-bond donors (Lipinski definition) is 1. The minimum absolute atomic E-state index is 0. The lowest BCUT2D eigenvalue weighted by atomic mass is 9.90. The first kappa shape index (κ1) is 17.9. The third-order valence-corrected chi connectivity index (χ3v) is 6.48. The summed E-state index contributed by atoms with van der Waals surface area (Å²) in [4.78, 5) is 20.0. The molecule has 1 aliphatic heterocycles. The highest BCUT2D eigenvalue weighted by molar-refractivity contribution is 9.11. The maximum Gasteiger partial charge on any atom is 0.273 e. The fraction of sp³-hybridized carbons (Fsp3) is 0.429. The quantitative estimate of drug-likeness (QED) is 0.817. The van der Waals surface area contributed by atoms with E-state index in [1.807, 2.05) is 22.4 Å². The number of carbonyl (C=O) groups excluding carboxylic acids is 1. The number of nitrogens with two attached hydrogens (primary N) is 1. The van der Waals surface area contributed by atoms with Crippen LogP contribution >= 0.6 is 51.0 Å². The van der Waals surface area contributed by atoms with Gasteiger partial charge in [0.05, 0.1) is 8.66 Å². The van der Waals surface area contributed by atoms with E-state index in [0.717, 1.165) is 33.2 Å². The van der Waals surface area contributed by atoms with Crippen molar-refractivity contribution in [2.75, 3.05) is 19.6 Å². The molecule has 3 heterocycles. The maximum absolute atomic E-state index is 12.5. The molecule has 1 aliphatic rings. The molecule has 1 amide bonds. The second-order valence-corrected chi connectivity index (χ2v) is 8.95. The van der Waals surface area contributed by atoms with Crippen LogP contribution < -0.4 is 5.73 Å². The molecule has 0 bridgehead atoms. The molecule has 0 radical (unpaired) electrons. The Morgan fingerprint density at radius 3 is 2.91 bits per heavy atom. The molecule has 8 heteroatoms. The van der Waals surface area contributed by atoms with E-state index >= 15 is 0 Å². The highest BCUT2D eigenvalue weighted by atomic mass is 79.9. The number of rotatable bonds is 3. The van der Waals surface area contributed by atoms with Crippen molar-refractivity contribution < 1.29 is 4.79 Å². The third-order valence-electron chi connectivity index (χ3n) is 3.85. The van der Waals surface area contributed by atoms with Gasteiger partial charge in [-0.05, 0) is 46.4 Å². The number of halogens is 2. The second kappa shape index (κ2) is 6.97. The first-order valence-corrected chi connectivity index (χ1v) is 9.20. The van der Waals surface area contributed by atoms with Gasteiger partial charge in [-0.2, -0.15) is 0 Å². The zero-order chi connectivity index (χ0) is 15.0. The molecule has 1 atom stereocenters. The lowest BCUT2D eigenvalue weighted by molar-refractivity contribution is 0.0772. The minimum atomic E-state index is 0. The van der Waals surface area contributed by atoms with Crippen molar-refractivity contribution in [1.29, 1.82) is 0 Å². The topological polar surface area (TPSA) is 59.2 Å². The van der Waals surface area contributed by atoms with Crippen LogP contribution in [0.3, 0.4) is 0 Å². The lowest BCUT2D eigenvalue weighted by Gasteiger charge is -2.22. The molecule has 1 unspecified atom stereocenters. The number of likely N-dealkylation sites (tertiary alicyclic amines) is 1. The van der Waals surface area contributed by atoms with E-state index in [4.69, 9.17) is 5.73 Å². The van der Waals surface area contributed by atoms with Crippen molar-refractivity contribution in [3.05, 3.63) is 27.0 Å². The number of carbonyl (C=O) groups is 1. The summed E-state index contributed by atoms with van der Waals surface area (Å²) in [5.41, 5.74) is 6.39. The molecule has 2 N–H and O–H groups in total. The van der Waals surface area contributed by atoms with Crippen LogP contribution in [0.2, 0.25) is 0 Å². The van der Waals surface area contributed by atoms with Crippen LogP contribution in [0.4, 0.5) is 0 Å².